The molecule has 204 valence electrons. The molecule has 26 heteroatoms. The normalized spacial score (nSPS) is 10.8. The average Bonchev–Trinajstić information content (AvgIpc) is 2.77. The van der Waals surface area contributed by atoms with Crippen LogP contribution in [0.3, 0.4) is 0 Å². The number of carbonyl (C=O) groups is 1. The minimum absolute atomic E-state index is 1.30. The SMILES string of the molecule is O=C(OCC(CO[N+](=O)[O-])(CO[N+](=O)[O-])CO[N+](=O)[O-])C(CO[N+](=O)[O-])(CO[N+](=O)[O-])CO[N+](=O)[O-]. The number of hydrogen-bond donors (Lipinski definition) is 0. The Morgan fingerprint density at radius 2 is 0.722 bits per heavy atom. The van der Waals surface area contributed by atoms with Crippen molar-refractivity contribution in [2.75, 3.05) is 46.2 Å². The first-order valence-corrected chi connectivity index (χ1v) is 8.44. The van der Waals surface area contributed by atoms with E-state index < -0.39 is 93.6 Å². The quantitative estimate of drug-likeness (QED) is 0.0845. The minimum atomic E-state index is -2.84. The summed E-state index contributed by atoms with van der Waals surface area (Å²) in [5.74, 6) is -1.85. The molecule has 0 bridgehead atoms. The summed E-state index contributed by atoms with van der Waals surface area (Å²) in [6.07, 6.45) is 0. The van der Waals surface area contributed by atoms with Gasteiger partial charge in [-0.05, 0) is 0 Å². The van der Waals surface area contributed by atoms with E-state index >= 15 is 0 Å². The molecule has 0 atom stereocenters. The molecule has 0 amide bonds. The van der Waals surface area contributed by atoms with Crippen molar-refractivity contribution in [3.63, 3.8) is 0 Å². The smallest absolute Gasteiger partial charge is 0.318 e. The molecule has 0 radical (unpaired) electrons. The van der Waals surface area contributed by atoms with Crippen LogP contribution in [0.15, 0.2) is 0 Å². The Bertz CT molecular complexity index is 756. The van der Waals surface area contributed by atoms with E-state index in [4.69, 9.17) is 4.74 Å². The molecule has 0 aromatic heterocycles. The van der Waals surface area contributed by atoms with Crippen LogP contribution in [0, 0.1) is 71.5 Å². The van der Waals surface area contributed by atoms with Crippen molar-refractivity contribution in [1.29, 1.82) is 0 Å². The lowest BCUT2D eigenvalue weighted by molar-refractivity contribution is -0.782. The van der Waals surface area contributed by atoms with Crippen molar-refractivity contribution in [1.82, 2.24) is 0 Å². The Morgan fingerprint density at radius 3 is 0.972 bits per heavy atom. The van der Waals surface area contributed by atoms with E-state index in [1.54, 1.807) is 0 Å². The van der Waals surface area contributed by atoms with Crippen LogP contribution in [0.4, 0.5) is 0 Å². The molecule has 26 nitrogen and oxygen atoms in total. The van der Waals surface area contributed by atoms with Gasteiger partial charge in [-0.15, -0.1) is 60.7 Å². The molecule has 0 aliphatic heterocycles. The Morgan fingerprint density at radius 1 is 0.472 bits per heavy atom. The monoisotopic (exact) mass is 538 g/mol. The van der Waals surface area contributed by atoms with Crippen LogP contribution in [0.2, 0.25) is 0 Å². The highest BCUT2D eigenvalue weighted by Crippen LogP contribution is 2.26. The fourth-order valence-corrected chi connectivity index (χ4v) is 2.02. The minimum Gasteiger partial charge on any atom is -0.464 e. The van der Waals surface area contributed by atoms with Gasteiger partial charge in [0.2, 0.25) is 0 Å². The van der Waals surface area contributed by atoms with Crippen LogP contribution in [0.1, 0.15) is 0 Å². The topological polar surface area (TPSA) is 341 Å². The van der Waals surface area contributed by atoms with Gasteiger partial charge < -0.3 is 33.8 Å². The maximum Gasteiger partial charge on any atom is 0.318 e. The summed E-state index contributed by atoms with van der Waals surface area (Å²) < 4.78 is 4.71. The van der Waals surface area contributed by atoms with E-state index in [0.717, 1.165) is 0 Å². The third-order valence-corrected chi connectivity index (χ3v) is 3.71. The number of hydrogen-bond acceptors (Lipinski definition) is 20. The molecule has 0 fully saturated rings. The first-order valence-electron chi connectivity index (χ1n) is 8.44. The number of carbonyl (C=O) groups excluding carboxylic acids is 1. The van der Waals surface area contributed by atoms with Crippen LogP contribution < -0.4 is 0 Å². The first kappa shape index (κ1) is 30.7. The van der Waals surface area contributed by atoms with Crippen molar-refractivity contribution in [3.05, 3.63) is 60.7 Å². The van der Waals surface area contributed by atoms with E-state index in [1.165, 1.54) is 0 Å². The summed E-state index contributed by atoms with van der Waals surface area (Å²) in [4.78, 5) is 99.9. The van der Waals surface area contributed by atoms with Gasteiger partial charge in [0, 0.05) is 0 Å². The summed E-state index contributed by atoms with van der Waals surface area (Å²) >= 11 is 0. The van der Waals surface area contributed by atoms with Crippen LogP contribution in [-0.2, 0) is 38.6 Å². The average molecular weight is 538 g/mol. The molecule has 0 saturated heterocycles. The van der Waals surface area contributed by atoms with Gasteiger partial charge in [-0.25, -0.2) is 0 Å². The van der Waals surface area contributed by atoms with E-state index in [-0.39, 0.29) is 0 Å². The van der Waals surface area contributed by atoms with Crippen molar-refractivity contribution >= 4 is 5.97 Å². The lowest BCUT2D eigenvalue weighted by Crippen LogP contribution is -2.50. The molecule has 0 aromatic carbocycles. The lowest BCUT2D eigenvalue weighted by Gasteiger charge is -2.33. The molecule has 0 unspecified atom stereocenters. The summed E-state index contributed by atoms with van der Waals surface area (Å²) in [5, 5.41) is 54.4. The predicted octanol–water partition coefficient (Wildman–Crippen LogP) is -2.25. The maximum atomic E-state index is 12.7. The van der Waals surface area contributed by atoms with Gasteiger partial charge >= 0.3 is 5.97 Å². The zero-order chi connectivity index (χ0) is 27.9. The van der Waals surface area contributed by atoms with Crippen LogP contribution in [0.5, 0.6) is 0 Å². The molecule has 0 aliphatic carbocycles. The zero-order valence-electron chi connectivity index (χ0n) is 17.3. The number of rotatable bonds is 21. The van der Waals surface area contributed by atoms with Gasteiger partial charge in [0.15, 0.2) is 0 Å². The zero-order valence-corrected chi connectivity index (χ0v) is 17.3. The second-order valence-corrected chi connectivity index (χ2v) is 6.34. The van der Waals surface area contributed by atoms with Crippen molar-refractivity contribution in [2.24, 2.45) is 10.8 Å². The number of ether oxygens (including phenoxy) is 1. The van der Waals surface area contributed by atoms with Crippen molar-refractivity contribution in [2.45, 2.75) is 0 Å². The molecule has 36 heavy (non-hydrogen) atoms. The number of esters is 1. The highest BCUT2D eigenvalue weighted by molar-refractivity contribution is 5.77. The third kappa shape index (κ3) is 12.1. The fraction of sp³-hybridized carbons (Fsp3) is 0.900. The summed E-state index contributed by atoms with van der Waals surface area (Å²) in [5.41, 5.74) is -5.23. The summed E-state index contributed by atoms with van der Waals surface area (Å²) in [6.45, 7) is -9.77. The van der Waals surface area contributed by atoms with Gasteiger partial charge in [0.25, 0.3) is 30.5 Å². The first-order chi connectivity index (χ1) is 16.6. The van der Waals surface area contributed by atoms with Crippen molar-refractivity contribution < 1.29 is 69.1 Å². The second kappa shape index (κ2) is 14.0. The predicted molar refractivity (Wildman–Crippen MR) is 93.5 cm³/mol. The van der Waals surface area contributed by atoms with E-state index in [2.05, 4.69) is 29.0 Å². The molecule has 0 rings (SSSR count). The maximum absolute atomic E-state index is 12.7. The molecule has 0 heterocycles. The largest absolute Gasteiger partial charge is 0.464 e. The fourth-order valence-electron chi connectivity index (χ4n) is 2.02. The molecule has 0 aliphatic rings. The van der Waals surface area contributed by atoms with Crippen LogP contribution in [-0.4, -0.2) is 82.7 Å². The molecular weight excluding hydrogens is 524 g/mol. The van der Waals surface area contributed by atoms with Crippen molar-refractivity contribution in [3.8, 4) is 0 Å². The Labute approximate surface area is 194 Å². The third-order valence-electron chi connectivity index (χ3n) is 3.71. The molecular formula is C10H14N6O20. The molecule has 0 saturated carbocycles. The molecule has 0 spiro atoms. The lowest BCUT2D eigenvalue weighted by atomic mass is 9.90. The van der Waals surface area contributed by atoms with Crippen LogP contribution in [0.25, 0.3) is 0 Å². The van der Waals surface area contributed by atoms with Gasteiger partial charge in [0.1, 0.15) is 51.7 Å². The van der Waals surface area contributed by atoms with E-state index in [1.807, 2.05) is 0 Å². The van der Waals surface area contributed by atoms with Gasteiger partial charge in [-0.3, -0.25) is 4.79 Å². The Hall–Kier alpha value is -5.33. The molecule has 0 N–H and O–H groups in total. The van der Waals surface area contributed by atoms with Gasteiger partial charge in [-0.1, -0.05) is 0 Å². The van der Waals surface area contributed by atoms with Gasteiger partial charge in [0.05, 0.1) is 5.41 Å². The highest BCUT2D eigenvalue weighted by atomic mass is 17.0. The summed E-state index contributed by atoms with van der Waals surface area (Å²) in [6, 6.07) is 0. The van der Waals surface area contributed by atoms with E-state index in [9.17, 15) is 65.5 Å². The number of nitrogens with zero attached hydrogens (tertiary/aromatic N) is 6. The Kier molecular flexibility index (Phi) is 12.0. The van der Waals surface area contributed by atoms with E-state index in [0.29, 0.717) is 0 Å². The summed E-state index contributed by atoms with van der Waals surface area (Å²) in [7, 11) is 0. The molecule has 0 aromatic rings. The standard InChI is InChI=1S/C10H14N6O20/c17-8(10(5-34-14(24)25,6-35-15(26)27)7-36-16(28)29)30-1-9(2-31-11(18)19,3-32-12(20)21)4-33-13(22)23/h1-7H2. The highest BCUT2D eigenvalue weighted by Gasteiger charge is 2.46. The van der Waals surface area contributed by atoms with Crippen LogP contribution >= 0.6 is 0 Å². The second-order valence-electron chi connectivity index (χ2n) is 6.34. The Balaban J connectivity index is 6.14. The van der Waals surface area contributed by atoms with Gasteiger partial charge in [-0.2, -0.15) is 0 Å².